The average Bonchev–Trinajstić information content (AvgIpc) is 2.04. The molecule has 1 aliphatic carbocycles. The van der Waals surface area contributed by atoms with E-state index < -0.39 is 0 Å². The lowest BCUT2D eigenvalue weighted by Crippen LogP contribution is -2.14. The second kappa shape index (κ2) is 7.93. The van der Waals surface area contributed by atoms with Crippen molar-refractivity contribution in [2.45, 2.75) is 27.9 Å². The molecule has 0 N–H and O–H groups in total. The molecule has 1 saturated carbocycles. The first-order valence-electron chi connectivity index (χ1n) is 4.99. The number of hydrogen-bond donors (Lipinski definition) is 0. The molecule has 0 heterocycles. The minimum absolute atomic E-state index is 0. The van der Waals surface area contributed by atoms with Crippen molar-refractivity contribution >= 4 is 42.7 Å². The minimum Gasteiger partial charge on any atom is -0.153 e. The third-order valence-electron chi connectivity index (χ3n) is 2.91. The molecule has 0 spiro atoms. The van der Waals surface area contributed by atoms with Crippen molar-refractivity contribution in [2.24, 2.45) is 0 Å². The van der Waals surface area contributed by atoms with Crippen LogP contribution in [0.2, 0.25) is 4.05 Å². The monoisotopic (exact) mass is 240 g/mol. The van der Waals surface area contributed by atoms with Crippen molar-refractivity contribution in [1.82, 2.24) is 0 Å². The second-order valence-corrected chi connectivity index (χ2v) is 6.05. The Morgan fingerprint density at radius 1 is 1.14 bits per heavy atom. The molecule has 1 aromatic rings. The summed E-state index contributed by atoms with van der Waals surface area (Å²) in [6.07, 6.45) is 4.59. The number of hydrogen-bond acceptors (Lipinski definition) is 0. The van der Waals surface area contributed by atoms with Crippen molar-refractivity contribution in [3.8, 4) is 0 Å². The van der Waals surface area contributed by atoms with Gasteiger partial charge < -0.3 is 0 Å². The summed E-state index contributed by atoms with van der Waals surface area (Å²) in [6.45, 7) is 0. The van der Waals surface area contributed by atoms with E-state index >= 15 is 0 Å². The van der Waals surface area contributed by atoms with Crippen molar-refractivity contribution < 1.29 is 0 Å². The third-order valence-corrected chi connectivity index (χ3v) is 5.41. The van der Waals surface area contributed by atoms with Crippen LogP contribution in [0.1, 0.15) is 24.8 Å². The highest BCUT2D eigenvalue weighted by atomic mass is 35.5. The van der Waals surface area contributed by atoms with Crippen LogP contribution >= 0.6 is 22.3 Å². The molecule has 76 valence electrons. The van der Waals surface area contributed by atoms with E-state index in [-0.39, 0.29) is 42.7 Å². The molecule has 14 heavy (non-hydrogen) atoms. The zero-order valence-electron chi connectivity index (χ0n) is 8.61. The summed E-state index contributed by atoms with van der Waals surface area (Å²) in [5.74, 6) is 0. The van der Waals surface area contributed by atoms with Crippen LogP contribution in [0.25, 0.3) is 0 Å². The Labute approximate surface area is 106 Å². The quantitative estimate of drug-likeness (QED) is 0.562. The first-order valence-corrected chi connectivity index (χ1v) is 6.81. The van der Waals surface area contributed by atoms with E-state index in [0.717, 1.165) is 0 Å². The topological polar surface area (TPSA) is 0 Å². The van der Waals surface area contributed by atoms with Crippen molar-refractivity contribution in [3.63, 3.8) is 0 Å². The fourth-order valence-corrected chi connectivity index (χ4v) is 4.03. The Balaban J connectivity index is 0.000000845. The molecule has 0 radical (unpaired) electrons. The van der Waals surface area contributed by atoms with E-state index in [1.807, 2.05) is 0 Å². The molecule has 0 bridgehead atoms. The van der Waals surface area contributed by atoms with Crippen LogP contribution in [0.5, 0.6) is 0 Å². The van der Waals surface area contributed by atoms with Gasteiger partial charge in [-0.05, 0) is 0 Å². The van der Waals surface area contributed by atoms with Crippen molar-refractivity contribution in [2.75, 3.05) is 0 Å². The molecule has 0 aromatic heterocycles. The fourth-order valence-electron chi connectivity index (χ4n) is 1.80. The Morgan fingerprint density at radius 2 is 1.79 bits per heavy atom. The van der Waals surface area contributed by atoms with Gasteiger partial charge in [0.2, 0.25) is 0 Å². The Bertz CT molecular complexity index is 236. The minimum atomic E-state index is 0. The molecule has 3 heteroatoms. The zero-order chi connectivity index (χ0) is 8.23. The summed E-state index contributed by atoms with van der Waals surface area (Å²) in [7, 11) is 0. The highest BCUT2D eigenvalue weighted by Gasteiger charge is 2.18. The van der Waals surface area contributed by atoms with Crippen LogP contribution in [0, 0.1) is 0 Å². The van der Waals surface area contributed by atoms with Gasteiger partial charge >= 0.3 is 20.4 Å². The molecule has 1 fully saturated rings. The van der Waals surface area contributed by atoms with Crippen molar-refractivity contribution in [1.29, 1.82) is 0 Å². The Morgan fingerprint density at radius 3 is 2.29 bits per heavy atom. The normalized spacial score (nSPS) is 14.3. The summed E-state index contributed by atoms with van der Waals surface area (Å²) in [5.41, 5.74) is 1.57. The second-order valence-electron chi connectivity index (χ2n) is 3.82. The van der Waals surface area contributed by atoms with E-state index in [4.69, 9.17) is 0 Å². The van der Waals surface area contributed by atoms with Gasteiger partial charge in [0.1, 0.15) is 0 Å². The first kappa shape index (κ1) is 14.7. The van der Waals surface area contributed by atoms with Gasteiger partial charge in [0, 0.05) is 0 Å². The molecule has 0 saturated heterocycles. The van der Waals surface area contributed by atoms with E-state index in [1.165, 1.54) is 15.0 Å². The maximum absolute atomic E-state index is 2.27. The standard InChI is InChI=1S/C7H7.C4H7.ClH.Mg.H3P/c1-7-5-3-2-4-6-7;1-2-4-3-1;;;/h2-6H,1H2;1H,2-4H2;1H;;1H3. The van der Waals surface area contributed by atoms with Gasteiger partial charge in [-0.3, -0.25) is 0 Å². The van der Waals surface area contributed by atoms with Gasteiger partial charge in [0.25, 0.3) is 0 Å². The van der Waals surface area contributed by atoms with Crippen LogP contribution in [-0.2, 0) is 4.55 Å². The molecular formula is C11H18ClMgP. The van der Waals surface area contributed by atoms with Crippen LogP contribution in [-0.4, -0.2) is 20.4 Å². The zero-order valence-corrected chi connectivity index (χ0v) is 12.3. The maximum Gasteiger partial charge on any atom is 0.375 e. The molecule has 1 aromatic carbocycles. The number of rotatable bonds is 3. The lowest BCUT2D eigenvalue weighted by atomic mass is 9.99. The molecular weight excluding hydrogens is 223 g/mol. The van der Waals surface area contributed by atoms with Gasteiger partial charge in [-0.2, -0.15) is 9.90 Å². The summed E-state index contributed by atoms with van der Waals surface area (Å²) < 4.78 is 2.61. The first-order chi connectivity index (χ1) is 5.95. The van der Waals surface area contributed by atoms with Crippen LogP contribution in [0.4, 0.5) is 0 Å². The Kier molecular flexibility index (Phi) is 8.33. The summed E-state index contributed by atoms with van der Waals surface area (Å²) in [4.78, 5) is 0. The van der Waals surface area contributed by atoms with E-state index in [1.54, 1.807) is 18.4 Å². The van der Waals surface area contributed by atoms with Crippen LogP contribution < -0.4 is 0 Å². The highest BCUT2D eigenvalue weighted by molar-refractivity contribution is 6.92. The summed E-state index contributed by atoms with van der Waals surface area (Å²) in [5, 5.41) is 0. The third kappa shape index (κ3) is 4.48. The molecule has 0 amide bonds. The summed E-state index contributed by atoms with van der Waals surface area (Å²) >= 11 is 0.224. The average molecular weight is 241 g/mol. The number of halogens is 1. The van der Waals surface area contributed by atoms with Gasteiger partial charge in [-0.1, -0.05) is 55.2 Å². The SMILES string of the molecule is Cl.P.c1ccc([CH2][Mg][CH]2CCC2)cc1. The molecule has 1 unspecified atom stereocenters. The predicted molar refractivity (Wildman–Crippen MR) is 71.9 cm³/mol. The van der Waals surface area contributed by atoms with Gasteiger partial charge in [0.15, 0.2) is 0 Å². The van der Waals surface area contributed by atoms with Crippen molar-refractivity contribution in [3.05, 3.63) is 35.9 Å². The predicted octanol–water partition coefficient (Wildman–Crippen LogP) is 3.34. The Hall–Kier alpha value is 0.706. The van der Waals surface area contributed by atoms with Gasteiger partial charge in [-0.25, -0.2) is 0 Å². The van der Waals surface area contributed by atoms with Gasteiger partial charge in [0.05, 0.1) is 0 Å². The fraction of sp³-hybridized carbons (Fsp3) is 0.455. The molecule has 1 aliphatic rings. The van der Waals surface area contributed by atoms with Crippen LogP contribution in [0.15, 0.2) is 30.3 Å². The highest BCUT2D eigenvalue weighted by Crippen LogP contribution is 2.31. The van der Waals surface area contributed by atoms with E-state index in [2.05, 4.69) is 30.3 Å². The smallest absolute Gasteiger partial charge is 0.153 e. The van der Waals surface area contributed by atoms with Gasteiger partial charge in [-0.15, -0.1) is 21.0 Å². The van der Waals surface area contributed by atoms with Crippen LogP contribution in [0.3, 0.4) is 0 Å². The summed E-state index contributed by atoms with van der Waals surface area (Å²) in [6, 6.07) is 11.0. The van der Waals surface area contributed by atoms with E-state index in [9.17, 15) is 0 Å². The lowest BCUT2D eigenvalue weighted by Gasteiger charge is -2.24. The number of benzene rings is 1. The molecule has 0 aliphatic heterocycles. The maximum atomic E-state index is 2.27. The lowest BCUT2D eigenvalue weighted by molar-refractivity contribution is 0.498. The van der Waals surface area contributed by atoms with E-state index in [0.29, 0.717) is 0 Å². The molecule has 2 rings (SSSR count). The largest absolute Gasteiger partial charge is 0.375 e. The molecule has 0 nitrogen and oxygen atoms in total. The molecule has 1 atom stereocenters.